The van der Waals surface area contributed by atoms with E-state index in [1.807, 2.05) is 6.07 Å². The summed E-state index contributed by atoms with van der Waals surface area (Å²) < 4.78 is 13.2. The van der Waals surface area contributed by atoms with Gasteiger partial charge in [0.1, 0.15) is 16.7 Å². The zero-order valence-corrected chi connectivity index (χ0v) is 37.4. The quantitative estimate of drug-likeness (QED) is 0.156. The van der Waals surface area contributed by atoms with Crippen molar-refractivity contribution < 1.29 is 8.83 Å². The maximum Gasteiger partial charge on any atom is 0.159 e. The SMILES string of the molecule is CC1CC=CC2c3c(N(c4ccccc4)c4cccc5c4oc4ccccc45)cccc3C3(c4ccccc4-c4ccc(N(c5ccccc5)c5ccc6oc7ccccc7c6c5)cc43)C12C. The summed E-state index contributed by atoms with van der Waals surface area (Å²) in [5.74, 6) is 0.449. The number of nitrogens with zero attached hydrogens (tertiary/aromatic N) is 2. The normalized spacial score (nSPS) is 20.1. The number of fused-ring (bicyclic) bond motifs is 16. The van der Waals surface area contributed by atoms with Crippen LogP contribution in [-0.2, 0) is 5.41 Å². The summed E-state index contributed by atoms with van der Waals surface area (Å²) in [6, 6.07) is 75.4. The molecule has 1 spiro atoms. The van der Waals surface area contributed by atoms with Gasteiger partial charge in [0.05, 0.1) is 16.8 Å². The standard InChI is InChI=1S/C63H46N2O2/c1-40-18-15-28-52-60-53(29-17-30-55(60)65(42-21-7-4-8-22-42)56-31-16-26-49-47-24-10-14-33-58(47)67-61(49)56)63(62(40,52)2)51-27-12-9-23-45(51)46-36-34-44(39-54(46)63)64(41-19-5-3-6-20-41)43-35-37-59-50(38-43)48-25-11-13-32-57(48)66-59/h3-17,19-40,52H,18H2,1-2H3. The van der Waals surface area contributed by atoms with Gasteiger partial charge < -0.3 is 18.6 Å². The monoisotopic (exact) mass is 862 g/mol. The molecule has 0 radical (unpaired) electrons. The second-order valence-corrected chi connectivity index (χ2v) is 19.0. The molecule has 320 valence electrons. The van der Waals surface area contributed by atoms with Gasteiger partial charge in [-0.25, -0.2) is 0 Å². The molecule has 11 aromatic rings. The maximum atomic E-state index is 6.84. The van der Waals surface area contributed by atoms with Gasteiger partial charge in [0, 0.05) is 50.2 Å². The lowest BCUT2D eigenvalue weighted by Gasteiger charge is -2.51. The average molecular weight is 863 g/mol. The molecule has 14 rings (SSSR count). The molecule has 0 bridgehead atoms. The minimum atomic E-state index is -0.490. The molecular formula is C63H46N2O2. The van der Waals surface area contributed by atoms with E-state index < -0.39 is 5.41 Å². The average Bonchev–Trinajstić information content (AvgIpc) is 4.10. The van der Waals surface area contributed by atoms with Crippen molar-refractivity contribution in [3.8, 4) is 11.1 Å². The zero-order chi connectivity index (χ0) is 44.4. The van der Waals surface area contributed by atoms with Crippen molar-refractivity contribution in [2.45, 2.75) is 31.6 Å². The highest BCUT2D eigenvalue weighted by Crippen LogP contribution is 2.74. The Morgan fingerprint density at radius 2 is 1.03 bits per heavy atom. The number of hydrogen-bond donors (Lipinski definition) is 0. The maximum absolute atomic E-state index is 6.84. The van der Waals surface area contributed by atoms with Crippen molar-refractivity contribution in [1.82, 2.24) is 0 Å². The lowest BCUT2D eigenvalue weighted by Crippen LogP contribution is -2.48. The van der Waals surface area contributed by atoms with Crippen molar-refractivity contribution in [3.05, 3.63) is 241 Å². The van der Waals surface area contributed by atoms with Gasteiger partial charge in [-0.2, -0.15) is 0 Å². The van der Waals surface area contributed by atoms with E-state index in [4.69, 9.17) is 8.83 Å². The molecule has 3 aliphatic rings. The van der Waals surface area contributed by atoms with E-state index in [1.165, 1.54) is 39.1 Å². The molecule has 4 nitrogen and oxygen atoms in total. The topological polar surface area (TPSA) is 32.8 Å². The Morgan fingerprint density at radius 3 is 1.84 bits per heavy atom. The summed E-state index contributed by atoms with van der Waals surface area (Å²) in [7, 11) is 0. The molecular weight excluding hydrogens is 817 g/mol. The highest BCUT2D eigenvalue weighted by atomic mass is 16.3. The van der Waals surface area contributed by atoms with E-state index in [0.29, 0.717) is 5.92 Å². The number of para-hydroxylation sites is 5. The van der Waals surface area contributed by atoms with Crippen LogP contribution in [-0.4, -0.2) is 0 Å². The van der Waals surface area contributed by atoms with E-state index in [-0.39, 0.29) is 11.3 Å². The van der Waals surface area contributed by atoms with Crippen molar-refractivity contribution in [3.63, 3.8) is 0 Å². The van der Waals surface area contributed by atoms with Gasteiger partial charge in [-0.3, -0.25) is 0 Å². The zero-order valence-electron chi connectivity index (χ0n) is 37.4. The fourth-order valence-corrected chi connectivity index (χ4v) is 12.9. The third kappa shape index (κ3) is 5.13. The van der Waals surface area contributed by atoms with E-state index in [2.05, 4.69) is 236 Å². The largest absolute Gasteiger partial charge is 0.456 e. The second kappa shape index (κ2) is 14.2. The summed E-state index contributed by atoms with van der Waals surface area (Å²) in [6.07, 6.45) is 6.01. The molecule has 4 heteroatoms. The lowest BCUT2D eigenvalue weighted by molar-refractivity contribution is 0.117. The molecule has 0 fully saturated rings. The van der Waals surface area contributed by atoms with Gasteiger partial charge in [-0.05, 0) is 130 Å². The molecule has 9 aromatic carbocycles. The van der Waals surface area contributed by atoms with Crippen molar-refractivity contribution in [1.29, 1.82) is 0 Å². The van der Waals surface area contributed by atoms with Crippen LogP contribution in [0.2, 0.25) is 0 Å². The first-order valence-electron chi connectivity index (χ1n) is 23.6. The first kappa shape index (κ1) is 38.2. The second-order valence-electron chi connectivity index (χ2n) is 19.0. The van der Waals surface area contributed by atoms with Crippen LogP contribution in [0.5, 0.6) is 0 Å². The summed E-state index contributed by atoms with van der Waals surface area (Å²) in [5, 5.41) is 4.46. The third-order valence-electron chi connectivity index (χ3n) is 15.9. The smallest absolute Gasteiger partial charge is 0.159 e. The lowest BCUT2D eigenvalue weighted by atomic mass is 9.51. The number of anilines is 6. The summed E-state index contributed by atoms with van der Waals surface area (Å²) in [4.78, 5) is 4.90. The van der Waals surface area contributed by atoms with Gasteiger partial charge in [-0.15, -0.1) is 0 Å². The van der Waals surface area contributed by atoms with E-state index in [0.717, 1.165) is 78.7 Å². The summed E-state index contributed by atoms with van der Waals surface area (Å²) in [5.41, 5.74) is 17.5. The Morgan fingerprint density at radius 1 is 0.448 bits per heavy atom. The van der Waals surface area contributed by atoms with Crippen LogP contribution in [0, 0.1) is 11.3 Å². The Balaban J connectivity index is 1.05. The fourth-order valence-electron chi connectivity index (χ4n) is 12.9. The molecule has 67 heavy (non-hydrogen) atoms. The predicted octanol–water partition coefficient (Wildman–Crippen LogP) is 17.4. The van der Waals surface area contributed by atoms with Crippen LogP contribution in [0.4, 0.5) is 34.1 Å². The molecule has 3 aliphatic carbocycles. The van der Waals surface area contributed by atoms with Crippen LogP contribution in [0.3, 0.4) is 0 Å². The van der Waals surface area contributed by atoms with Crippen molar-refractivity contribution in [2.75, 3.05) is 9.80 Å². The molecule has 4 unspecified atom stereocenters. The van der Waals surface area contributed by atoms with Gasteiger partial charge in [0.2, 0.25) is 0 Å². The predicted molar refractivity (Wildman–Crippen MR) is 276 cm³/mol. The molecule has 0 saturated heterocycles. The van der Waals surface area contributed by atoms with Crippen molar-refractivity contribution >= 4 is 78.0 Å². The van der Waals surface area contributed by atoms with Crippen LogP contribution in [0.25, 0.3) is 55.0 Å². The Labute approximate surface area is 389 Å². The molecule has 4 atom stereocenters. The Hall–Kier alpha value is -8.08. The Bertz CT molecular complexity index is 3810. The number of rotatable bonds is 6. The van der Waals surface area contributed by atoms with Crippen LogP contribution in [0.1, 0.15) is 48.4 Å². The number of benzene rings is 9. The molecule has 0 amide bonds. The Kier molecular flexibility index (Phi) is 8.10. The highest BCUT2D eigenvalue weighted by Gasteiger charge is 2.67. The van der Waals surface area contributed by atoms with Crippen LogP contribution in [0.15, 0.2) is 227 Å². The summed E-state index contributed by atoms with van der Waals surface area (Å²) in [6.45, 7) is 5.10. The fraction of sp³-hybridized carbons (Fsp3) is 0.111. The third-order valence-corrected chi connectivity index (χ3v) is 15.9. The molecule has 2 heterocycles. The van der Waals surface area contributed by atoms with E-state index in [1.54, 1.807) is 0 Å². The number of allylic oxidation sites excluding steroid dienone is 2. The van der Waals surface area contributed by atoms with Gasteiger partial charge in [-0.1, -0.05) is 153 Å². The summed E-state index contributed by atoms with van der Waals surface area (Å²) >= 11 is 0. The van der Waals surface area contributed by atoms with Crippen molar-refractivity contribution in [2.24, 2.45) is 11.3 Å². The van der Waals surface area contributed by atoms with E-state index in [9.17, 15) is 0 Å². The number of furan rings is 2. The first-order valence-corrected chi connectivity index (χ1v) is 23.6. The molecule has 2 aromatic heterocycles. The van der Waals surface area contributed by atoms with E-state index >= 15 is 0 Å². The van der Waals surface area contributed by atoms with Gasteiger partial charge in [0.25, 0.3) is 0 Å². The molecule has 0 aliphatic heterocycles. The molecule has 0 N–H and O–H groups in total. The number of hydrogen-bond acceptors (Lipinski definition) is 4. The minimum absolute atomic E-state index is 0.105. The van der Waals surface area contributed by atoms with Crippen LogP contribution < -0.4 is 9.80 Å². The first-order chi connectivity index (χ1) is 33.0. The minimum Gasteiger partial charge on any atom is -0.456 e. The van der Waals surface area contributed by atoms with Gasteiger partial charge >= 0.3 is 0 Å². The molecule has 0 saturated carbocycles. The highest BCUT2D eigenvalue weighted by molar-refractivity contribution is 6.11. The van der Waals surface area contributed by atoms with Gasteiger partial charge in [0.15, 0.2) is 5.58 Å². The van der Waals surface area contributed by atoms with Crippen LogP contribution >= 0.6 is 0 Å².